The monoisotopic (exact) mass is 303 g/mol. The van der Waals surface area contributed by atoms with Crippen LogP contribution in [0.3, 0.4) is 0 Å². The number of pyridine rings is 1. The molecule has 0 radical (unpaired) electrons. The van der Waals surface area contributed by atoms with Crippen molar-refractivity contribution < 1.29 is 13.2 Å². The summed E-state index contributed by atoms with van der Waals surface area (Å²) < 4.78 is 37.6. The minimum Gasteiger partial charge on any atom is -0.307 e. The maximum atomic E-state index is 12.3. The summed E-state index contributed by atoms with van der Waals surface area (Å²) in [7, 11) is 1.10. The molecule has 0 saturated heterocycles. The molecule has 0 aliphatic rings. The van der Waals surface area contributed by atoms with E-state index in [4.69, 9.17) is 0 Å². The first-order chi connectivity index (χ1) is 5.84. The van der Waals surface area contributed by atoms with E-state index in [1.807, 2.05) is 0 Å². The molecule has 0 amide bonds. The van der Waals surface area contributed by atoms with Crippen molar-refractivity contribution >= 4 is 22.6 Å². The van der Waals surface area contributed by atoms with Crippen molar-refractivity contribution in [2.75, 3.05) is 0 Å². The molecular formula is C7H5F3INO. The quantitative estimate of drug-likeness (QED) is 0.672. The van der Waals surface area contributed by atoms with Crippen molar-refractivity contribution in [3.8, 4) is 0 Å². The van der Waals surface area contributed by atoms with E-state index in [0.29, 0.717) is 4.57 Å². The Morgan fingerprint density at radius 3 is 2.31 bits per heavy atom. The Labute approximate surface area is 85.5 Å². The van der Waals surface area contributed by atoms with Crippen LogP contribution in [0.4, 0.5) is 13.2 Å². The SMILES string of the molecule is Cn1c(C(F)(F)F)c(I)ccc1=O. The average molecular weight is 303 g/mol. The second kappa shape index (κ2) is 3.32. The fourth-order valence-corrected chi connectivity index (χ4v) is 1.78. The van der Waals surface area contributed by atoms with E-state index in [9.17, 15) is 18.0 Å². The first-order valence-electron chi connectivity index (χ1n) is 3.27. The van der Waals surface area contributed by atoms with Crippen LogP contribution in [0, 0.1) is 3.57 Å². The molecule has 1 aromatic rings. The number of alkyl halides is 3. The first-order valence-corrected chi connectivity index (χ1v) is 4.34. The number of hydrogen-bond acceptors (Lipinski definition) is 1. The molecule has 0 bridgehead atoms. The minimum absolute atomic E-state index is 0.0206. The van der Waals surface area contributed by atoms with Crippen molar-refractivity contribution in [3.63, 3.8) is 0 Å². The molecular weight excluding hydrogens is 298 g/mol. The van der Waals surface area contributed by atoms with Crippen LogP contribution < -0.4 is 5.56 Å². The summed E-state index contributed by atoms with van der Waals surface area (Å²) in [6.45, 7) is 0. The van der Waals surface area contributed by atoms with Gasteiger partial charge in [-0.3, -0.25) is 4.79 Å². The zero-order chi connectivity index (χ0) is 10.2. The Bertz CT molecular complexity index is 382. The van der Waals surface area contributed by atoms with Gasteiger partial charge < -0.3 is 4.57 Å². The van der Waals surface area contributed by atoms with Gasteiger partial charge in [-0.25, -0.2) is 0 Å². The molecule has 0 saturated carbocycles. The number of aromatic nitrogens is 1. The van der Waals surface area contributed by atoms with E-state index in [1.165, 1.54) is 0 Å². The van der Waals surface area contributed by atoms with E-state index in [1.54, 1.807) is 22.6 Å². The molecule has 0 atom stereocenters. The maximum Gasteiger partial charge on any atom is 0.432 e. The molecule has 0 aromatic carbocycles. The standard InChI is InChI=1S/C7H5F3INO/c1-12-5(13)3-2-4(11)6(12)7(8,9)10/h2-3H,1H3. The van der Waals surface area contributed by atoms with Gasteiger partial charge in [-0.05, 0) is 28.7 Å². The highest BCUT2D eigenvalue weighted by atomic mass is 127. The lowest BCUT2D eigenvalue weighted by molar-refractivity contribution is -0.144. The molecule has 0 N–H and O–H groups in total. The van der Waals surface area contributed by atoms with Gasteiger partial charge >= 0.3 is 6.18 Å². The smallest absolute Gasteiger partial charge is 0.307 e. The molecule has 0 aliphatic heterocycles. The summed E-state index contributed by atoms with van der Waals surface area (Å²) in [5.74, 6) is 0. The van der Waals surface area contributed by atoms with Crippen LogP contribution in [0.15, 0.2) is 16.9 Å². The number of rotatable bonds is 0. The van der Waals surface area contributed by atoms with E-state index >= 15 is 0 Å². The average Bonchev–Trinajstić information content (AvgIpc) is 1.95. The van der Waals surface area contributed by atoms with Gasteiger partial charge in [0.25, 0.3) is 5.56 Å². The summed E-state index contributed by atoms with van der Waals surface area (Å²) in [4.78, 5) is 10.9. The molecule has 0 spiro atoms. The molecule has 2 nitrogen and oxygen atoms in total. The topological polar surface area (TPSA) is 22.0 Å². The Balaban J connectivity index is 3.52. The van der Waals surface area contributed by atoms with Crippen LogP contribution in [-0.2, 0) is 13.2 Å². The summed E-state index contributed by atoms with van der Waals surface area (Å²) in [6.07, 6.45) is -4.48. The molecule has 13 heavy (non-hydrogen) atoms. The van der Waals surface area contributed by atoms with Gasteiger partial charge in [-0.15, -0.1) is 0 Å². The lowest BCUT2D eigenvalue weighted by Crippen LogP contribution is -2.26. The highest BCUT2D eigenvalue weighted by Gasteiger charge is 2.35. The predicted molar refractivity (Wildman–Crippen MR) is 49.4 cm³/mol. The highest BCUT2D eigenvalue weighted by molar-refractivity contribution is 14.1. The predicted octanol–water partition coefficient (Wildman–Crippen LogP) is 2.01. The Morgan fingerprint density at radius 2 is 1.92 bits per heavy atom. The first kappa shape index (κ1) is 10.6. The zero-order valence-corrected chi connectivity index (χ0v) is 8.68. The van der Waals surface area contributed by atoms with Crippen molar-refractivity contribution in [2.45, 2.75) is 6.18 Å². The second-order valence-electron chi connectivity index (χ2n) is 2.42. The Morgan fingerprint density at radius 1 is 1.38 bits per heavy atom. The zero-order valence-electron chi connectivity index (χ0n) is 6.52. The largest absolute Gasteiger partial charge is 0.432 e. The van der Waals surface area contributed by atoms with Crippen LogP contribution in [0.25, 0.3) is 0 Å². The van der Waals surface area contributed by atoms with E-state index in [2.05, 4.69) is 0 Å². The second-order valence-corrected chi connectivity index (χ2v) is 3.59. The van der Waals surface area contributed by atoms with E-state index < -0.39 is 17.4 Å². The summed E-state index contributed by atoms with van der Waals surface area (Å²) in [5.41, 5.74) is -1.56. The molecule has 0 fully saturated rings. The molecule has 0 unspecified atom stereocenters. The van der Waals surface area contributed by atoms with Crippen LogP contribution in [0.2, 0.25) is 0 Å². The highest BCUT2D eigenvalue weighted by Crippen LogP contribution is 2.31. The van der Waals surface area contributed by atoms with E-state index in [-0.39, 0.29) is 3.57 Å². The fraction of sp³-hybridized carbons (Fsp3) is 0.286. The normalized spacial score (nSPS) is 11.8. The van der Waals surface area contributed by atoms with Crippen LogP contribution in [0.5, 0.6) is 0 Å². The molecule has 72 valence electrons. The Hall–Kier alpha value is -0.530. The number of nitrogens with zero attached hydrogens (tertiary/aromatic N) is 1. The molecule has 6 heteroatoms. The third-order valence-electron chi connectivity index (χ3n) is 1.53. The van der Waals surface area contributed by atoms with E-state index in [0.717, 1.165) is 19.2 Å². The molecule has 1 heterocycles. The third kappa shape index (κ3) is 2.04. The van der Waals surface area contributed by atoms with Crippen molar-refractivity contribution in [2.24, 2.45) is 7.05 Å². The molecule has 0 aliphatic carbocycles. The van der Waals surface area contributed by atoms with Crippen molar-refractivity contribution in [1.29, 1.82) is 0 Å². The van der Waals surface area contributed by atoms with Gasteiger partial charge in [0, 0.05) is 16.7 Å². The van der Waals surface area contributed by atoms with Crippen LogP contribution in [-0.4, -0.2) is 4.57 Å². The van der Waals surface area contributed by atoms with Gasteiger partial charge in [-0.1, -0.05) is 0 Å². The maximum absolute atomic E-state index is 12.3. The van der Waals surface area contributed by atoms with Gasteiger partial charge in [-0.2, -0.15) is 13.2 Å². The lowest BCUT2D eigenvalue weighted by atomic mass is 10.3. The molecule has 1 rings (SSSR count). The van der Waals surface area contributed by atoms with Crippen molar-refractivity contribution in [3.05, 3.63) is 31.8 Å². The van der Waals surface area contributed by atoms with Gasteiger partial charge in [0.15, 0.2) is 0 Å². The fourth-order valence-electron chi connectivity index (χ4n) is 0.931. The summed E-state index contributed by atoms with van der Waals surface area (Å²) in [5, 5.41) is 0. The van der Waals surface area contributed by atoms with Gasteiger partial charge in [0.2, 0.25) is 0 Å². The summed E-state index contributed by atoms with van der Waals surface area (Å²) in [6, 6.07) is 2.27. The summed E-state index contributed by atoms with van der Waals surface area (Å²) >= 11 is 1.55. The lowest BCUT2D eigenvalue weighted by Gasteiger charge is -2.12. The minimum atomic E-state index is -4.48. The van der Waals surface area contributed by atoms with Crippen LogP contribution in [0.1, 0.15) is 5.69 Å². The van der Waals surface area contributed by atoms with Gasteiger partial charge in [0.1, 0.15) is 5.69 Å². The molecule has 1 aromatic heterocycles. The van der Waals surface area contributed by atoms with Crippen molar-refractivity contribution in [1.82, 2.24) is 4.57 Å². The van der Waals surface area contributed by atoms with Crippen LogP contribution >= 0.6 is 22.6 Å². The Kier molecular flexibility index (Phi) is 2.69. The third-order valence-corrected chi connectivity index (χ3v) is 2.40. The number of halogens is 4. The number of hydrogen-bond donors (Lipinski definition) is 0. The van der Waals surface area contributed by atoms with Gasteiger partial charge in [0.05, 0.1) is 0 Å².